The first-order chi connectivity index (χ1) is 12.6. The van der Waals surface area contributed by atoms with Gasteiger partial charge in [-0.1, -0.05) is 6.07 Å². The number of anilines is 2. The van der Waals surface area contributed by atoms with Gasteiger partial charge in [-0.25, -0.2) is 9.48 Å². The average molecular weight is 351 g/mol. The van der Waals surface area contributed by atoms with Gasteiger partial charge in [0.15, 0.2) is 5.65 Å². The Bertz CT molecular complexity index is 1030. The number of carbonyl (C=O) groups excluding carboxylic acids is 2. The van der Waals surface area contributed by atoms with E-state index in [0.717, 1.165) is 17.5 Å². The molecule has 0 atom stereocenters. The van der Waals surface area contributed by atoms with Gasteiger partial charge in [-0.3, -0.25) is 14.0 Å². The van der Waals surface area contributed by atoms with Crippen LogP contribution in [0.15, 0.2) is 53.5 Å². The Hall–Kier alpha value is -3.42. The quantitative estimate of drug-likeness (QED) is 0.727. The molecular formula is C18H17N5O3. The van der Waals surface area contributed by atoms with E-state index in [0.29, 0.717) is 17.0 Å². The van der Waals surface area contributed by atoms with Gasteiger partial charge in [-0.2, -0.15) is 0 Å². The predicted octanol–water partition coefficient (Wildman–Crippen LogP) is 1.48. The largest absolute Gasteiger partial charge is 0.350 e. The van der Waals surface area contributed by atoms with Crippen molar-refractivity contribution in [2.75, 3.05) is 10.6 Å². The molecule has 0 unspecified atom stereocenters. The first kappa shape index (κ1) is 16.1. The summed E-state index contributed by atoms with van der Waals surface area (Å²) < 4.78 is 2.50. The number of nitrogens with one attached hydrogen (secondary N) is 2. The lowest BCUT2D eigenvalue weighted by Gasteiger charge is -2.07. The summed E-state index contributed by atoms with van der Waals surface area (Å²) in [7, 11) is 0. The molecule has 2 heterocycles. The molecule has 1 aromatic carbocycles. The molecule has 0 saturated heterocycles. The van der Waals surface area contributed by atoms with Crippen molar-refractivity contribution in [2.24, 2.45) is 5.92 Å². The summed E-state index contributed by atoms with van der Waals surface area (Å²) in [5.74, 6) is -0.184. The lowest BCUT2D eigenvalue weighted by Crippen LogP contribution is -2.28. The standard InChI is InChI=1S/C18H17N5O3/c24-16(11-23-18(26)22-10-2-1-3-15(22)21-23)19-13-6-8-14(9-7-13)20-17(25)12-4-5-12/h1-3,6-10,12H,4-5,11H2,(H,19,24)(H,20,25). The van der Waals surface area contributed by atoms with Crippen LogP contribution >= 0.6 is 0 Å². The summed E-state index contributed by atoms with van der Waals surface area (Å²) in [6, 6.07) is 12.1. The van der Waals surface area contributed by atoms with Crippen LogP contribution in [0, 0.1) is 5.92 Å². The minimum absolute atomic E-state index is 0.0352. The number of hydrogen-bond acceptors (Lipinski definition) is 4. The molecule has 2 N–H and O–H groups in total. The van der Waals surface area contributed by atoms with E-state index >= 15 is 0 Å². The summed E-state index contributed by atoms with van der Waals surface area (Å²) in [6.45, 7) is -0.180. The van der Waals surface area contributed by atoms with Crippen molar-refractivity contribution in [3.8, 4) is 0 Å². The topological polar surface area (TPSA) is 97.5 Å². The first-order valence-corrected chi connectivity index (χ1v) is 8.35. The highest BCUT2D eigenvalue weighted by Crippen LogP contribution is 2.30. The number of rotatable bonds is 5. The maximum absolute atomic E-state index is 12.2. The Morgan fingerprint density at radius 1 is 1.04 bits per heavy atom. The van der Waals surface area contributed by atoms with Crippen molar-refractivity contribution in [3.05, 3.63) is 59.1 Å². The molecule has 26 heavy (non-hydrogen) atoms. The number of nitrogens with zero attached hydrogens (tertiary/aromatic N) is 3. The van der Waals surface area contributed by atoms with Gasteiger partial charge in [0.05, 0.1) is 0 Å². The zero-order chi connectivity index (χ0) is 18.1. The predicted molar refractivity (Wildman–Crippen MR) is 95.9 cm³/mol. The molecule has 2 amide bonds. The minimum Gasteiger partial charge on any atom is -0.326 e. The van der Waals surface area contributed by atoms with E-state index in [1.165, 1.54) is 4.40 Å². The zero-order valence-corrected chi connectivity index (χ0v) is 13.9. The second kappa shape index (κ2) is 6.47. The van der Waals surface area contributed by atoms with E-state index in [1.807, 2.05) is 0 Å². The normalized spacial score (nSPS) is 13.5. The molecule has 2 aromatic heterocycles. The van der Waals surface area contributed by atoms with Crippen molar-refractivity contribution >= 4 is 28.8 Å². The van der Waals surface area contributed by atoms with Crippen LogP contribution in [-0.2, 0) is 16.1 Å². The summed E-state index contributed by atoms with van der Waals surface area (Å²) in [5.41, 5.74) is 1.39. The lowest BCUT2D eigenvalue weighted by molar-refractivity contribution is -0.118. The van der Waals surface area contributed by atoms with Gasteiger partial charge in [-0.15, -0.1) is 5.10 Å². The summed E-state index contributed by atoms with van der Waals surface area (Å²) in [6.07, 6.45) is 3.50. The first-order valence-electron chi connectivity index (χ1n) is 8.35. The highest BCUT2D eigenvalue weighted by Gasteiger charge is 2.29. The van der Waals surface area contributed by atoms with Crippen LogP contribution in [0.5, 0.6) is 0 Å². The number of amides is 2. The average Bonchev–Trinajstić information content (AvgIpc) is 3.44. The smallest absolute Gasteiger partial charge is 0.326 e. The van der Waals surface area contributed by atoms with Gasteiger partial charge in [0.1, 0.15) is 6.54 Å². The number of fused-ring (bicyclic) bond motifs is 1. The maximum atomic E-state index is 12.2. The number of hydrogen-bond donors (Lipinski definition) is 2. The third kappa shape index (κ3) is 3.34. The van der Waals surface area contributed by atoms with Gasteiger partial charge >= 0.3 is 5.69 Å². The summed E-state index contributed by atoms with van der Waals surface area (Å²) in [4.78, 5) is 36.1. The monoisotopic (exact) mass is 351 g/mol. The van der Waals surface area contributed by atoms with Crippen molar-refractivity contribution in [1.29, 1.82) is 0 Å². The molecule has 1 saturated carbocycles. The fraction of sp³-hybridized carbons (Fsp3) is 0.222. The SMILES string of the molecule is O=C(Cn1nc2ccccn2c1=O)Nc1ccc(NC(=O)C2CC2)cc1. The van der Waals surface area contributed by atoms with Crippen LogP contribution in [0.3, 0.4) is 0 Å². The van der Waals surface area contributed by atoms with Crippen molar-refractivity contribution in [2.45, 2.75) is 19.4 Å². The van der Waals surface area contributed by atoms with Gasteiger partial charge in [0.2, 0.25) is 11.8 Å². The molecule has 1 aliphatic carbocycles. The Labute approximate surface area is 148 Å². The highest BCUT2D eigenvalue weighted by molar-refractivity contribution is 5.95. The van der Waals surface area contributed by atoms with Gasteiger partial charge in [0.25, 0.3) is 0 Å². The molecule has 1 fully saturated rings. The molecule has 0 spiro atoms. The number of carbonyl (C=O) groups is 2. The van der Waals surface area contributed by atoms with Crippen LogP contribution in [0.4, 0.5) is 11.4 Å². The fourth-order valence-electron chi connectivity index (χ4n) is 2.63. The second-order valence-electron chi connectivity index (χ2n) is 6.26. The van der Waals surface area contributed by atoms with E-state index in [9.17, 15) is 14.4 Å². The van der Waals surface area contributed by atoms with Crippen LogP contribution in [0.1, 0.15) is 12.8 Å². The third-order valence-corrected chi connectivity index (χ3v) is 4.17. The van der Waals surface area contributed by atoms with Gasteiger partial charge < -0.3 is 10.6 Å². The Kier molecular flexibility index (Phi) is 4.00. The fourth-order valence-corrected chi connectivity index (χ4v) is 2.63. The summed E-state index contributed by atoms with van der Waals surface area (Å²) in [5, 5.41) is 9.68. The van der Waals surface area contributed by atoms with Crippen molar-refractivity contribution in [1.82, 2.24) is 14.2 Å². The lowest BCUT2D eigenvalue weighted by atomic mass is 10.2. The number of pyridine rings is 1. The van der Waals surface area contributed by atoms with Crippen LogP contribution in [0.2, 0.25) is 0 Å². The van der Waals surface area contributed by atoms with Crippen LogP contribution < -0.4 is 16.3 Å². The Morgan fingerprint density at radius 2 is 1.73 bits per heavy atom. The van der Waals surface area contributed by atoms with E-state index in [4.69, 9.17) is 0 Å². The molecule has 132 valence electrons. The van der Waals surface area contributed by atoms with Gasteiger partial charge in [-0.05, 0) is 49.2 Å². The van der Waals surface area contributed by atoms with Crippen molar-refractivity contribution in [3.63, 3.8) is 0 Å². The second-order valence-corrected chi connectivity index (χ2v) is 6.26. The Balaban J connectivity index is 1.40. The van der Waals surface area contributed by atoms with E-state index in [2.05, 4.69) is 15.7 Å². The van der Waals surface area contributed by atoms with E-state index < -0.39 is 0 Å². The minimum atomic E-state index is -0.367. The third-order valence-electron chi connectivity index (χ3n) is 4.17. The van der Waals surface area contributed by atoms with E-state index in [1.54, 1.807) is 48.7 Å². The molecule has 1 aliphatic rings. The maximum Gasteiger partial charge on any atom is 0.350 e. The number of aromatic nitrogens is 3. The molecule has 0 bridgehead atoms. The van der Waals surface area contributed by atoms with Crippen LogP contribution in [-0.4, -0.2) is 26.0 Å². The Morgan fingerprint density at radius 3 is 2.38 bits per heavy atom. The molecule has 0 radical (unpaired) electrons. The van der Waals surface area contributed by atoms with Crippen LogP contribution in [0.25, 0.3) is 5.65 Å². The molecule has 0 aliphatic heterocycles. The molecule has 8 heteroatoms. The zero-order valence-electron chi connectivity index (χ0n) is 13.9. The van der Waals surface area contributed by atoms with E-state index in [-0.39, 0.29) is 30.0 Å². The van der Waals surface area contributed by atoms with Gasteiger partial charge in [0, 0.05) is 23.5 Å². The number of benzene rings is 1. The molecule has 8 nitrogen and oxygen atoms in total. The highest BCUT2D eigenvalue weighted by atomic mass is 16.2. The molecular weight excluding hydrogens is 334 g/mol. The van der Waals surface area contributed by atoms with Crippen molar-refractivity contribution < 1.29 is 9.59 Å². The molecule has 3 aromatic rings. The summed E-state index contributed by atoms with van der Waals surface area (Å²) >= 11 is 0. The molecule has 4 rings (SSSR count).